The minimum atomic E-state index is -0.485. The standard InChI is InChI=1S/C21H26FN5O4/c1-30-14-18-7-6-17(12-23-18)24-27(15-28)19-5-3-4-16(20(19)22)13-25-8-10-26(11-9-25)21(29)31-2/h3-7,12,15,24H,8-11,13-14H2,1-2H3. The minimum Gasteiger partial charge on any atom is -0.453 e. The number of rotatable bonds is 8. The van der Waals surface area contributed by atoms with E-state index in [4.69, 9.17) is 9.47 Å². The van der Waals surface area contributed by atoms with Crippen molar-refractivity contribution >= 4 is 23.9 Å². The van der Waals surface area contributed by atoms with Gasteiger partial charge in [0.05, 0.1) is 31.3 Å². The molecule has 1 fully saturated rings. The molecule has 2 aromatic rings. The molecule has 0 aliphatic carbocycles. The lowest BCUT2D eigenvalue weighted by Gasteiger charge is -2.34. The Kier molecular flexibility index (Phi) is 7.74. The Labute approximate surface area is 180 Å². The fourth-order valence-corrected chi connectivity index (χ4v) is 3.34. The van der Waals surface area contributed by atoms with Crippen LogP contribution in [0.2, 0.25) is 0 Å². The van der Waals surface area contributed by atoms with Crippen LogP contribution >= 0.6 is 0 Å². The van der Waals surface area contributed by atoms with Crippen molar-refractivity contribution in [2.24, 2.45) is 0 Å². The maximum atomic E-state index is 15.2. The summed E-state index contributed by atoms with van der Waals surface area (Å²) in [6.07, 6.45) is 1.71. The first-order valence-corrected chi connectivity index (χ1v) is 9.83. The van der Waals surface area contributed by atoms with Crippen LogP contribution < -0.4 is 10.4 Å². The van der Waals surface area contributed by atoms with Crippen molar-refractivity contribution in [3.8, 4) is 0 Å². The predicted octanol–water partition coefficient (Wildman–Crippen LogP) is 2.24. The molecule has 0 saturated carbocycles. The number of carbonyl (C=O) groups excluding carboxylic acids is 2. The maximum absolute atomic E-state index is 15.2. The number of anilines is 2. The van der Waals surface area contributed by atoms with Gasteiger partial charge in [-0.25, -0.2) is 14.2 Å². The van der Waals surface area contributed by atoms with Crippen LogP contribution in [0.15, 0.2) is 36.5 Å². The van der Waals surface area contributed by atoms with E-state index in [1.54, 1.807) is 42.5 Å². The monoisotopic (exact) mass is 431 g/mol. The van der Waals surface area contributed by atoms with E-state index in [2.05, 4.69) is 15.3 Å². The highest BCUT2D eigenvalue weighted by molar-refractivity contribution is 5.79. The highest BCUT2D eigenvalue weighted by atomic mass is 19.1. The zero-order valence-electron chi connectivity index (χ0n) is 17.6. The summed E-state index contributed by atoms with van der Waals surface area (Å²) in [5.41, 5.74) is 4.72. The highest BCUT2D eigenvalue weighted by Gasteiger charge is 2.23. The summed E-state index contributed by atoms with van der Waals surface area (Å²) in [6, 6.07) is 8.42. The van der Waals surface area contributed by atoms with Gasteiger partial charge in [-0.15, -0.1) is 0 Å². The Balaban J connectivity index is 1.67. The molecule has 10 heteroatoms. The SMILES string of the molecule is COCc1ccc(NN(C=O)c2cccc(CN3CCN(C(=O)OC)CC3)c2F)cn1. The first-order valence-electron chi connectivity index (χ1n) is 9.83. The van der Waals surface area contributed by atoms with Crippen molar-refractivity contribution in [2.45, 2.75) is 13.2 Å². The summed E-state index contributed by atoms with van der Waals surface area (Å²) >= 11 is 0. The normalized spacial score (nSPS) is 14.2. The second-order valence-corrected chi connectivity index (χ2v) is 7.04. The first-order chi connectivity index (χ1) is 15.0. The number of aromatic nitrogens is 1. The Morgan fingerprint density at radius 1 is 1.23 bits per heavy atom. The van der Waals surface area contributed by atoms with Crippen LogP contribution in [-0.4, -0.2) is 67.7 Å². The number of ether oxygens (including phenoxy) is 2. The maximum Gasteiger partial charge on any atom is 0.409 e. The molecule has 0 bridgehead atoms. The molecule has 1 aliphatic heterocycles. The Bertz CT molecular complexity index is 888. The molecule has 1 aromatic heterocycles. The van der Waals surface area contributed by atoms with Gasteiger partial charge in [-0.2, -0.15) is 0 Å². The van der Waals surface area contributed by atoms with Gasteiger partial charge in [-0.3, -0.25) is 20.1 Å². The van der Waals surface area contributed by atoms with Gasteiger partial charge in [0.2, 0.25) is 6.41 Å². The Morgan fingerprint density at radius 3 is 2.61 bits per heavy atom. The van der Waals surface area contributed by atoms with Crippen molar-refractivity contribution in [3.05, 3.63) is 53.6 Å². The molecule has 2 heterocycles. The zero-order valence-corrected chi connectivity index (χ0v) is 17.6. The average Bonchev–Trinajstić information content (AvgIpc) is 2.80. The van der Waals surface area contributed by atoms with E-state index in [0.29, 0.717) is 57.0 Å². The Morgan fingerprint density at radius 2 is 2.00 bits per heavy atom. The topological polar surface area (TPSA) is 87.2 Å². The fourth-order valence-electron chi connectivity index (χ4n) is 3.34. The molecule has 1 aromatic carbocycles. The molecule has 1 aliphatic rings. The quantitative estimate of drug-likeness (QED) is 0.507. The third-order valence-corrected chi connectivity index (χ3v) is 4.99. The van der Waals surface area contributed by atoms with Gasteiger partial charge in [-0.05, 0) is 18.2 Å². The summed E-state index contributed by atoms with van der Waals surface area (Å²) in [6.45, 7) is 2.99. The van der Waals surface area contributed by atoms with E-state index in [1.165, 1.54) is 13.2 Å². The molecular formula is C21H26FN5O4. The van der Waals surface area contributed by atoms with Crippen LogP contribution in [0.5, 0.6) is 0 Å². The van der Waals surface area contributed by atoms with Gasteiger partial charge >= 0.3 is 6.09 Å². The van der Waals surface area contributed by atoms with Crippen molar-refractivity contribution in [3.63, 3.8) is 0 Å². The summed E-state index contributed by atoms with van der Waals surface area (Å²) < 4.78 is 25.0. The van der Waals surface area contributed by atoms with E-state index in [9.17, 15) is 9.59 Å². The van der Waals surface area contributed by atoms with Crippen LogP contribution in [0.25, 0.3) is 0 Å². The number of hydrazine groups is 1. The number of piperazine rings is 1. The largest absolute Gasteiger partial charge is 0.453 e. The molecule has 0 spiro atoms. The van der Waals surface area contributed by atoms with Gasteiger partial charge in [0, 0.05) is 45.4 Å². The summed E-state index contributed by atoms with van der Waals surface area (Å²) in [4.78, 5) is 31.2. The number of nitrogens with zero attached hydrogens (tertiary/aromatic N) is 4. The number of amides is 2. The van der Waals surface area contributed by atoms with Crippen LogP contribution in [-0.2, 0) is 27.4 Å². The predicted molar refractivity (Wildman–Crippen MR) is 113 cm³/mol. The van der Waals surface area contributed by atoms with Crippen molar-refractivity contribution in [1.82, 2.24) is 14.8 Å². The number of hydrogen-bond acceptors (Lipinski definition) is 7. The van der Waals surface area contributed by atoms with Crippen LogP contribution in [0.4, 0.5) is 20.6 Å². The number of nitrogens with one attached hydrogen (secondary N) is 1. The van der Waals surface area contributed by atoms with Gasteiger partial charge in [0.25, 0.3) is 0 Å². The van der Waals surface area contributed by atoms with E-state index < -0.39 is 5.82 Å². The molecule has 2 amide bonds. The molecule has 1 N–H and O–H groups in total. The van der Waals surface area contributed by atoms with Gasteiger partial charge in [-0.1, -0.05) is 12.1 Å². The highest BCUT2D eigenvalue weighted by Crippen LogP contribution is 2.24. The summed E-state index contributed by atoms with van der Waals surface area (Å²) in [5.74, 6) is -0.485. The molecule has 0 unspecified atom stereocenters. The third-order valence-electron chi connectivity index (χ3n) is 4.99. The second-order valence-electron chi connectivity index (χ2n) is 7.04. The van der Waals surface area contributed by atoms with E-state index in [0.717, 1.165) is 10.7 Å². The number of halogens is 1. The van der Waals surface area contributed by atoms with Gasteiger partial charge < -0.3 is 14.4 Å². The lowest BCUT2D eigenvalue weighted by atomic mass is 10.1. The average molecular weight is 431 g/mol. The van der Waals surface area contributed by atoms with E-state index >= 15 is 4.39 Å². The number of hydrogen-bond donors (Lipinski definition) is 1. The fraction of sp³-hybridized carbons (Fsp3) is 0.381. The van der Waals surface area contributed by atoms with Crippen LogP contribution in [0, 0.1) is 5.82 Å². The molecule has 0 atom stereocenters. The van der Waals surface area contributed by atoms with Crippen LogP contribution in [0.3, 0.4) is 0 Å². The van der Waals surface area contributed by atoms with Crippen LogP contribution in [0.1, 0.15) is 11.3 Å². The molecule has 166 valence electrons. The van der Waals surface area contributed by atoms with E-state index in [1.807, 2.05) is 0 Å². The minimum absolute atomic E-state index is 0.113. The molecule has 0 radical (unpaired) electrons. The summed E-state index contributed by atoms with van der Waals surface area (Å²) in [5, 5.41) is 1.08. The van der Waals surface area contributed by atoms with Crippen molar-refractivity contribution < 1.29 is 23.5 Å². The Hall–Kier alpha value is -3.24. The molecular weight excluding hydrogens is 405 g/mol. The van der Waals surface area contributed by atoms with Crippen molar-refractivity contribution in [2.75, 3.05) is 50.8 Å². The summed E-state index contributed by atoms with van der Waals surface area (Å²) in [7, 11) is 2.93. The van der Waals surface area contributed by atoms with Gasteiger partial charge in [0.1, 0.15) is 5.69 Å². The van der Waals surface area contributed by atoms with E-state index in [-0.39, 0.29) is 11.8 Å². The molecule has 9 nitrogen and oxygen atoms in total. The number of benzene rings is 1. The zero-order chi connectivity index (χ0) is 22.2. The van der Waals surface area contributed by atoms with Gasteiger partial charge in [0.15, 0.2) is 5.82 Å². The first kappa shape index (κ1) is 22.4. The molecule has 31 heavy (non-hydrogen) atoms. The number of pyridine rings is 1. The smallest absolute Gasteiger partial charge is 0.409 e. The second kappa shape index (κ2) is 10.7. The third kappa shape index (κ3) is 5.68. The lowest BCUT2D eigenvalue weighted by Crippen LogP contribution is -2.48. The molecule has 1 saturated heterocycles. The number of carbonyl (C=O) groups is 2. The van der Waals surface area contributed by atoms with Crippen molar-refractivity contribution in [1.29, 1.82) is 0 Å². The number of methoxy groups -OCH3 is 2. The lowest BCUT2D eigenvalue weighted by molar-refractivity contribution is -0.107. The molecule has 3 rings (SSSR count).